The fraction of sp³-hybridized carbons (Fsp3) is 0.0909. The Labute approximate surface area is 178 Å². The van der Waals surface area contributed by atoms with Crippen molar-refractivity contribution in [2.75, 3.05) is 24.9 Å². The third-order valence-electron chi connectivity index (χ3n) is 4.57. The van der Waals surface area contributed by atoms with E-state index in [1.54, 1.807) is 32.5 Å². The van der Waals surface area contributed by atoms with Gasteiger partial charge in [-0.1, -0.05) is 18.7 Å². The average molecular weight is 416 g/mol. The number of aromatic nitrogens is 4. The molecule has 0 saturated carbocycles. The summed E-state index contributed by atoms with van der Waals surface area (Å²) in [5.41, 5.74) is 3.30. The summed E-state index contributed by atoms with van der Waals surface area (Å²) >= 11 is 0. The fourth-order valence-corrected chi connectivity index (χ4v) is 3.04. The molecule has 0 radical (unpaired) electrons. The van der Waals surface area contributed by atoms with Crippen molar-refractivity contribution in [3.8, 4) is 22.8 Å². The molecule has 0 fully saturated rings. The number of para-hydroxylation sites is 2. The van der Waals surface area contributed by atoms with Gasteiger partial charge in [0.1, 0.15) is 11.5 Å². The molecule has 0 saturated heterocycles. The Hall–Kier alpha value is -4.40. The maximum absolute atomic E-state index is 11.7. The van der Waals surface area contributed by atoms with E-state index in [4.69, 9.17) is 9.47 Å². The molecule has 0 bridgehead atoms. The molecule has 2 aromatic carbocycles. The molecule has 0 aliphatic rings. The number of hydrogen-bond donors (Lipinski definition) is 3. The largest absolute Gasteiger partial charge is 0.497 e. The highest BCUT2D eigenvalue weighted by atomic mass is 16.5. The normalized spacial score (nSPS) is 10.5. The third kappa shape index (κ3) is 4.15. The van der Waals surface area contributed by atoms with Crippen LogP contribution in [0.4, 0.5) is 17.3 Å². The van der Waals surface area contributed by atoms with Crippen LogP contribution in [0.2, 0.25) is 0 Å². The summed E-state index contributed by atoms with van der Waals surface area (Å²) in [6, 6.07) is 12.8. The number of rotatable bonds is 7. The van der Waals surface area contributed by atoms with Crippen LogP contribution in [0.3, 0.4) is 0 Å². The molecule has 0 atom stereocenters. The van der Waals surface area contributed by atoms with Gasteiger partial charge in [0.15, 0.2) is 5.65 Å². The minimum absolute atomic E-state index is 0.309. The smallest absolute Gasteiger partial charge is 0.247 e. The maximum Gasteiger partial charge on any atom is 0.247 e. The first-order valence-electron chi connectivity index (χ1n) is 9.35. The van der Waals surface area contributed by atoms with Crippen molar-refractivity contribution in [3.63, 3.8) is 0 Å². The zero-order chi connectivity index (χ0) is 21.8. The molecule has 3 N–H and O–H groups in total. The third-order valence-corrected chi connectivity index (χ3v) is 4.57. The lowest BCUT2D eigenvalue weighted by atomic mass is 10.1. The van der Waals surface area contributed by atoms with Gasteiger partial charge < -0.3 is 20.1 Å². The van der Waals surface area contributed by atoms with Crippen LogP contribution < -0.4 is 20.1 Å². The number of carbonyl (C=O) groups is 1. The van der Waals surface area contributed by atoms with Gasteiger partial charge in [0.05, 0.1) is 36.7 Å². The number of ether oxygens (including phenoxy) is 2. The van der Waals surface area contributed by atoms with Crippen LogP contribution in [0.5, 0.6) is 11.5 Å². The number of anilines is 3. The number of benzene rings is 2. The van der Waals surface area contributed by atoms with Crippen molar-refractivity contribution in [3.05, 3.63) is 61.3 Å². The van der Waals surface area contributed by atoms with Gasteiger partial charge in [-0.05, 0) is 30.3 Å². The number of nitrogens with one attached hydrogen (secondary N) is 3. The zero-order valence-corrected chi connectivity index (χ0v) is 17.0. The van der Waals surface area contributed by atoms with Crippen LogP contribution in [0.25, 0.3) is 22.3 Å². The quantitative estimate of drug-likeness (QED) is 0.391. The summed E-state index contributed by atoms with van der Waals surface area (Å²) < 4.78 is 10.7. The molecule has 2 heterocycles. The second-order valence-corrected chi connectivity index (χ2v) is 6.49. The first-order chi connectivity index (χ1) is 15.1. The lowest BCUT2D eigenvalue weighted by Gasteiger charge is -2.11. The van der Waals surface area contributed by atoms with Gasteiger partial charge in [-0.3, -0.25) is 9.89 Å². The van der Waals surface area contributed by atoms with Gasteiger partial charge in [-0.25, -0.2) is 4.98 Å². The van der Waals surface area contributed by atoms with Gasteiger partial charge >= 0.3 is 0 Å². The van der Waals surface area contributed by atoms with Gasteiger partial charge in [0.2, 0.25) is 11.9 Å². The van der Waals surface area contributed by atoms with Crippen molar-refractivity contribution in [1.82, 2.24) is 20.2 Å². The number of hydrogen-bond acceptors (Lipinski definition) is 7. The van der Waals surface area contributed by atoms with Crippen LogP contribution in [-0.4, -0.2) is 40.3 Å². The molecule has 9 nitrogen and oxygen atoms in total. The highest BCUT2D eigenvalue weighted by Gasteiger charge is 2.14. The Balaban J connectivity index is 1.66. The fourth-order valence-electron chi connectivity index (χ4n) is 3.04. The van der Waals surface area contributed by atoms with E-state index in [1.165, 1.54) is 6.08 Å². The number of nitrogens with zero attached hydrogens (tertiary/aromatic N) is 3. The van der Waals surface area contributed by atoms with Gasteiger partial charge in [-0.2, -0.15) is 10.1 Å². The topological polar surface area (TPSA) is 114 Å². The second kappa shape index (κ2) is 8.54. The Morgan fingerprint density at radius 2 is 1.81 bits per heavy atom. The predicted molar refractivity (Wildman–Crippen MR) is 119 cm³/mol. The number of aromatic amines is 1. The summed E-state index contributed by atoms with van der Waals surface area (Å²) in [6.07, 6.45) is 2.89. The van der Waals surface area contributed by atoms with Gasteiger partial charge in [0.25, 0.3) is 0 Å². The van der Waals surface area contributed by atoms with E-state index in [2.05, 4.69) is 37.4 Å². The number of methoxy groups -OCH3 is 2. The van der Waals surface area contributed by atoms with Crippen LogP contribution in [-0.2, 0) is 4.79 Å². The van der Waals surface area contributed by atoms with Crippen molar-refractivity contribution < 1.29 is 14.3 Å². The molecule has 1 amide bonds. The molecule has 4 rings (SSSR count). The Morgan fingerprint density at radius 3 is 2.48 bits per heavy atom. The molecule has 0 spiro atoms. The number of fused-ring (bicyclic) bond motifs is 1. The number of carbonyl (C=O) groups excluding carboxylic acids is 1. The molecule has 0 aliphatic carbocycles. The minimum atomic E-state index is -0.309. The second-order valence-electron chi connectivity index (χ2n) is 6.49. The first-order valence-corrected chi connectivity index (χ1v) is 9.35. The molecule has 31 heavy (non-hydrogen) atoms. The molecular weight excluding hydrogens is 396 g/mol. The maximum atomic E-state index is 11.7. The average Bonchev–Trinajstić information content (AvgIpc) is 3.23. The highest BCUT2D eigenvalue weighted by Crippen LogP contribution is 2.32. The van der Waals surface area contributed by atoms with Crippen LogP contribution in [0.1, 0.15) is 0 Å². The summed E-state index contributed by atoms with van der Waals surface area (Å²) in [7, 11) is 3.19. The van der Waals surface area contributed by atoms with Crippen LogP contribution >= 0.6 is 0 Å². The molecule has 0 unspecified atom stereocenters. The van der Waals surface area contributed by atoms with Crippen molar-refractivity contribution >= 4 is 34.3 Å². The lowest BCUT2D eigenvalue weighted by Crippen LogP contribution is -2.09. The van der Waals surface area contributed by atoms with E-state index in [9.17, 15) is 4.79 Å². The Bertz CT molecular complexity index is 1250. The van der Waals surface area contributed by atoms with Crippen LogP contribution in [0, 0.1) is 0 Å². The van der Waals surface area contributed by atoms with E-state index in [0.717, 1.165) is 16.6 Å². The van der Waals surface area contributed by atoms with E-state index < -0.39 is 0 Å². The summed E-state index contributed by atoms with van der Waals surface area (Å²) in [5, 5.41) is 13.9. The summed E-state index contributed by atoms with van der Waals surface area (Å²) in [4.78, 5) is 20.6. The zero-order valence-electron chi connectivity index (χ0n) is 17.0. The van der Waals surface area contributed by atoms with E-state index in [1.807, 2.05) is 30.3 Å². The number of amides is 1. The summed E-state index contributed by atoms with van der Waals surface area (Å²) in [5.74, 6) is 1.36. The highest BCUT2D eigenvalue weighted by molar-refractivity contribution is 6.01. The Kier molecular flexibility index (Phi) is 5.48. The SMILES string of the molecule is C=CC(=O)Nc1ccccc1Nc1ncc2c(-c3cc(OC)cc(OC)c3)[nH]nc2n1. The van der Waals surface area contributed by atoms with Crippen LogP contribution in [0.15, 0.2) is 61.3 Å². The molecule has 2 aromatic heterocycles. The number of H-pyrrole nitrogens is 1. The standard InChI is InChI=1S/C22H20N6O3/c1-4-19(29)24-17-7-5-6-8-18(17)25-22-23-12-16-20(27-28-21(16)26-22)13-9-14(30-2)11-15(10-13)31-3/h4-12H,1H2,2-3H3,(H,24,29)(H2,23,25,26,27,28). The molecule has 9 heteroatoms. The lowest BCUT2D eigenvalue weighted by molar-refractivity contribution is -0.111. The van der Waals surface area contributed by atoms with E-state index in [-0.39, 0.29) is 5.91 Å². The first kappa shape index (κ1) is 19.9. The minimum Gasteiger partial charge on any atom is -0.497 e. The Morgan fingerprint density at radius 1 is 1.10 bits per heavy atom. The van der Waals surface area contributed by atoms with Gasteiger partial charge in [-0.15, -0.1) is 0 Å². The van der Waals surface area contributed by atoms with E-state index in [0.29, 0.717) is 34.5 Å². The molecule has 156 valence electrons. The van der Waals surface area contributed by atoms with E-state index >= 15 is 0 Å². The van der Waals surface area contributed by atoms with Crippen molar-refractivity contribution in [1.29, 1.82) is 0 Å². The van der Waals surface area contributed by atoms with Crippen molar-refractivity contribution in [2.24, 2.45) is 0 Å². The summed E-state index contributed by atoms with van der Waals surface area (Å²) in [6.45, 7) is 3.47. The molecule has 4 aromatic rings. The van der Waals surface area contributed by atoms with Crippen molar-refractivity contribution in [2.45, 2.75) is 0 Å². The van der Waals surface area contributed by atoms with Gasteiger partial charge in [0, 0.05) is 17.8 Å². The monoisotopic (exact) mass is 416 g/mol. The molecule has 0 aliphatic heterocycles. The predicted octanol–water partition coefficient (Wildman–Crippen LogP) is 3.91. The molecular formula is C22H20N6O3.